The van der Waals surface area contributed by atoms with Crippen molar-refractivity contribution in [2.24, 2.45) is 0 Å². The Kier molecular flexibility index (Phi) is 4.28. The van der Waals surface area contributed by atoms with E-state index in [9.17, 15) is 10.2 Å². The van der Waals surface area contributed by atoms with E-state index in [1.807, 2.05) is 19.9 Å². The minimum atomic E-state index is 0.188. The molecule has 0 unspecified atom stereocenters. The Morgan fingerprint density at radius 1 is 0.842 bits per heavy atom. The monoisotopic (exact) mass is 448 g/mol. The summed E-state index contributed by atoms with van der Waals surface area (Å²) in [4.78, 5) is 0. The number of rotatable bonds is 1. The average molecular weight is 451 g/mol. The number of halogens is 3. The van der Waals surface area contributed by atoms with E-state index in [2.05, 4.69) is 47.8 Å². The Morgan fingerprint density at radius 2 is 1.47 bits per heavy atom. The maximum absolute atomic E-state index is 10.2. The molecule has 2 rings (SSSR count). The molecule has 0 aliphatic rings. The zero-order valence-electron chi connectivity index (χ0n) is 10.3. The molecule has 2 aromatic carbocycles. The molecule has 0 bridgehead atoms. The summed E-state index contributed by atoms with van der Waals surface area (Å²) < 4.78 is 2.19. The van der Waals surface area contributed by atoms with Gasteiger partial charge in [-0.05, 0) is 78.8 Å². The molecule has 0 amide bonds. The lowest BCUT2D eigenvalue weighted by atomic mass is 9.95. The van der Waals surface area contributed by atoms with Gasteiger partial charge in [0.2, 0.25) is 0 Å². The minimum Gasteiger partial charge on any atom is -0.508 e. The summed E-state index contributed by atoms with van der Waals surface area (Å²) in [6, 6.07) is 5.36. The SMILES string of the molecule is Cc1c(O)cccc1-c1c(C)c(O)c(Br)c(Br)c1Br. The normalized spacial score (nSPS) is 10.8. The van der Waals surface area contributed by atoms with Gasteiger partial charge in [-0.15, -0.1) is 0 Å². The summed E-state index contributed by atoms with van der Waals surface area (Å²) >= 11 is 10.3. The summed E-state index contributed by atoms with van der Waals surface area (Å²) in [6.07, 6.45) is 0. The maximum Gasteiger partial charge on any atom is 0.134 e. The summed E-state index contributed by atoms with van der Waals surface area (Å²) in [5.74, 6) is 0.426. The zero-order valence-corrected chi connectivity index (χ0v) is 15.0. The highest BCUT2D eigenvalue weighted by Crippen LogP contribution is 2.48. The maximum atomic E-state index is 10.2. The number of benzene rings is 2. The fourth-order valence-corrected chi connectivity index (χ4v) is 3.83. The van der Waals surface area contributed by atoms with Gasteiger partial charge in [-0.3, -0.25) is 0 Å². The molecule has 0 saturated heterocycles. The first-order valence-corrected chi connectivity index (χ1v) is 7.89. The molecular formula is C14H11Br3O2. The fraction of sp³-hybridized carbons (Fsp3) is 0.143. The van der Waals surface area contributed by atoms with Gasteiger partial charge >= 0.3 is 0 Å². The lowest BCUT2D eigenvalue weighted by molar-refractivity contribution is 0.467. The van der Waals surface area contributed by atoms with Crippen LogP contribution in [0.1, 0.15) is 11.1 Å². The molecule has 0 radical (unpaired) electrons. The van der Waals surface area contributed by atoms with Gasteiger partial charge in [0, 0.05) is 15.6 Å². The zero-order chi connectivity index (χ0) is 14.3. The Morgan fingerprint density at radius 3 is 2.11 bits per heavy atom. The second-order valence-electron chi connectivity index (χ2n) is 4.24. The first kappa shape index (κ1) is 14.9. The summed E-state index contributed by atoms with van der Waals surface area (Å²) in [5, 5.41) is 20.0. The number of hydrogen-bond acceptors (Lipinski definition) is 2. The predicted octanol–water partition coefficient (Wildman–Crippen LogP) is 5.67. The Hall–Kier alpha value is -0.520. The predicted molar refractivity (Wildman–Crippen MR) is 87.8 cm³/mol. The van der Waals surface area contributed by atoms with Crippen molar-refractivity contribution in [2.75, 3.05) is 0 Å². The highest BCUT2D eigenvalue weighted by atomic mass is 79.9. The van der Waals surface area contributed by atoms with E-state index in [1.54, 1.807) is 12.1 Å². The van der Waals surface area contributed by atoms with Gasteiger partial charge in [-0.2, -0.15) is 0 Å². The third-order valence-corrected chi connectivity index (χ3v) is 6.54. The molecule has 2 nitrogen and oxygen atoms in total. The van der Waals surface area contributed by atoms with Crippen molar-refractivity contribution in [3.05, 3.63) is 42.7 Å². The van der Waals surface area contributed by atoms with Gasteiger partial charge < -0.3 is 10.2 Å². The molecule has 2 N–H and O–H groups in total. The molecule has 0 aromatic heterocycles. The number of phenolic OH excluding ortho intramolecular Hbond substituents is 2. The lowest BCUT2D eigenvalue weighted by Gasteiger charge is -2.16. The van der Waals surface area contributed by atoms with E-state index in [1.165, 1.54) is 0 Å². The molecule has 19 heavy (non-hydrogen) atoms. The van der Waals surface area contributed by atoms with Gasteiger partial charge in [0.15, 0.2) is 0 Å². The number of phenols is 2. The van der Waals surface area contributed by atoms with Gasteiger partial charge in [0.05, 0.1) is 8.95 Å². The van der Waals surface area contributed by atoms with Crippen LogP contribution in [0.15, 0.2) is 31.6 Å². The molecule has 5 heteroatoms. The van der Waals surface area contributed by atoms with Crippen molar-refractivity contribution in [3.63, 3.8) is 0 Å². The van der Waals surface area contributed by atoms with Crippen molar-refractivity contribution >= 4 is 47.8 Å². The fourth-order valence-electron chi connectivity index (χ4n) is 1.97. The summed E-state index contributed by atoms with van der Waals surface area (Å²) in [5.41, 5.74) is 3.27. The highest BCUT2D eigenvalue weighted by Gasteiger charge is 2.20. The standard InChI is InChI=1S/C14H11Br3O2/c1-6-8(4-3-5-9(6)18)10-7(2)14(19)13(17)12(16)11(10)15/h3-5,18-19H,1-2H3. The average Bonchev–Trinajstić information content (AvgIpc) is 2.39. The topological polar surface area (TPSA) is 40.5 Å². The molecule has 0 saturated carbocycles. The van der Waals surface area contributed by atoms with Crippen LogP contribution in [0.5, 0.6) is 11.5 Å². The summed E-state index contributed by atoms with van der Waals surface area (Å²) in [7, 11) is 0. The van der Waals surface area contributed by atoms with Crippen molar-refractivity contribution in [3.8, 4) is 22.6 Å². The van der Waals surface area contributed by atoms with E-state index < -0.39 is 0 Å². The molecule has 0 atom stereocenters. The lowest BCUT2D eigenvalue weighted by Crippen LogP contribution is -1.92. The van der Waals surface area contributed by atoms with E-state index in [0.717, 1.165) is 31.2 Å². The van der Waals surface area contributed by atoms with Crippen LogP contribution in [0.25, 0.3) is 11.1 Å². The quantitative estimate of drug-likeness (QED) is 0.549. The molecule has 0 spiro atoms. The Balaban J connectivity index is 2.87. The van der Waals surface area contributed by atoms with Crippen LogP contribution in [0, 0.1) is 13.8 Å². The Labute approximate surface area is 136 Å². The van der Waals surface area contributed by atoms with Gasteiger partial charge in [0.25, 0.3) is 0 Å². The van der Waals surface area contributed by atoms with Crippen LogP contribution >= 0.6 is 47.8 Å². The smallest absolute Gasteiger partial charge is 0.134 e. The Bertz CT molecular complexity index is 637. The summed E-state index contributed by atoms with van der Waals surface area (Å²) in [6.45, 7) is 3.69. The van der Waals surface area contributed by atoms with Gasteiger partial charge in [-0.1, -0.05) is 12.1 Å². The largest absolute Gasteiger partial charge is 0.508 e. The highest BCUT2D eigenvalue weighted by molar-refractivity contribution is 9.14. The molecular weight excluding hydrogens is 440 g/mol. The molecule has 0 fully saturated rings. The van der Waals surface area contributed by atoms with E-state index >= 15 is 0 Å². The van der Waals surface area contributed by atoms with Crippen molar-refractivity contribution in [2.45, 2.75) is 13.8 Å². The van der Waals surface area contributed by atoms with Crippen LogP contribution in [0.2, 0.25) is 0 Å². The second kappa shape index (κ2) is 5.46. The van der Waals surface area contributed by atoms with Crippen LogP contribution in [-0.2, 0) is 0 Å². The van der Waals surface area contributed by atoms with E-state index in [4.69, 9.17) is 0 Å². The number of aromatic hydroxyl groups is 2. The first-order chi connectivity index (χ1) is 8.86. The van der Waals surface area contributed by atoms with Crippen molar-refractivity contribution in [1.82, 2.24) is 0 Å². The van der Waals surface area contributed by atoms with Gasteiger partial charge in [0.1, 0.15) is 11.5 Å². The molecule has 0 heterocycles. The van der Waals surface area contributed by atoms with Crippen LogP contribution in [0.3, 0.4) is 0 Å². The third-order valence-electron chi connectivity index (χ3n) is 3.12. The molecule has 2 aromatic rings. The second-order valence-corrected chi connectivity index (χ2v) is 6.62. The van der Waals surface area contributed by atoms with E-state index in [0.29, 0.717) is 4.47 Å². The van der Waals surface area contributed by atoms with Crippen LogP contribution in [0.4, 0.5) is 0 Å². The first-order valence-electron chi connectivity index (χ1n) is 5.51. The number of hydrogen-bond donors (Lipinski definition) is 2. The molecule has 100 valence electrons. The molecule has 0 aliphatic carbocycles. The third kappa shape index (κ3) is 2.43. The minimum absolute atomic E-state index is 0.188. The van der Waals surface area contributed by atoms with Crippen molar-refractivity contribution < 1.29 is 10.2 Å². The van der Waals surface area contributed by atoms with Crippen LogP contribution < -0.4 is 0 Å². The van der Waals surface area contributed by atoms with E-state index in [-0.39, 0.29) is 11.5 Å². The van der Waals surface area contributed by atoms with Gasteiger partial charge in [-0.25, -0.2) is 0 Å². The molecule has 0 aliphatic heterocycles. The van der Waals surface area contributed by atoms with Crippen molar-refractivity contribution in [1.29, 1.82) is 0 Å². The van der Waals surface area contributed by atoms with Crippen LogP contribution in [-0.4, -0.2) is 10.2 Å².